The maximum atomic E-state index is 12.6. The van der Waals surface area contributed by atoms with Crippen molar-refractivity contribution in [1.29, 1.82) is 0 Å². The number of ether oxygens (including phenoxy) is 1. The number of sulfonamides is 1. The van der Waals surface area contributed by atoms with E-state index < -0.39 is 21.9 Å². The topological polar surface area (TPSA) is 101 Å². The van der Waals surface area contributed by atoms with E-state index in [4.69, 9.17) is 9.84 Å². The molecule has 0 bridgehead atoms. The summed E-state index contributed by atoms with van der Waals surface area (Å²) in [6.07, 6.45) is 1.18. The molecule has 1 saturated heterocycles. The van der Waals surface area contributed by atoms with Gasteiger partial charge >= 0.3 is 11.9 Å². The SMILES string of the molecule is CCOC(=O)C1CCCN(S(=O)(=O)c2ccc(C(=O)O)cc2)C1. The van der Waals surface area contributed by atoms with Gasteiger partial charge in [-0.25, -0.2) is 13.2 Å². The summed E-state index contributed by atoms with van der Waals surface area (Å²) in [6, 6.07) is 5.05. The molecule has 0 amide bonds. The van der Waals surface area contributed by atoms with Gasteiger partial charge in [0.1, 0.15) is 0 Å². The van der Waals surface area contributed by atoms with E-state index in [0.29, 0.717) is 19.4 Å². The maximum Gasteiger partial charge on any atom is 0.335 e. The number of carboxylic acids is 1. The zero-order valence-electron chi connectivity index (χ0n) is 12.8. The fourth-order valence-electron chi connectivity index (χ4n) is 2.53. The number of carboxylic acid groups (broad SMARTS) is 1. The van der Waals surface area contributed by atoms with Gasteiger partial charge < -0.3 is 9.84 Å². The third-order valence-corrected chi connectivity index (χ3v) is 5.62. The maximum absolute atomic E-state index is 12.6. The molecule has 1 aliphatic heterocycles. The lowest BCUT2D eigenvalue weighted by Crippen LogP contribution is -2.42. The highest BCUT2D eigenvalue weighted by atomic mass is 32.2. The lowest BCUT2D eigenvalue weighted by molar-refractivity contribution is -0.149. The monoisotopic (exact) mass is 341 g/mol. The Bertz CT molecular complexity index is 682. The molecule has 0 aliphatic carbocycles. The Hall–Kier alpha value is -1.93. The van der Waals surface area contributed by atoms with Gasteiger partial charge in [-0.3, -0.25) is 4.79 Å². The van der Waals surface area contributed by atoms with Crippen molar-refractivity contribution in [1.82, 2.24) is 4.31 Å². The van der Waals surface area contributed by atoms with E-state index in [1.807, 2.05) is 0 Å². The van der Waals surface area contributed by atoms with Gasteiger partial charge in [0.15, 0.2) is 0 Å². The fraction of sp³-hybridized carbons (Fsp3) is 0.467. The number of piperidine rings is 1. The summed E-state index contributed by atoms with van der Waals surface area (Å²) in [5.74, 6) is -1.96. The molecule has 1 unspecified atom stereocenters. The lowest BCUT2D eigenvalue weighted by Gasteiger charge is -2.30. The first kappa shape index (κ1) is 17.4. The van der Waals surface area contributed by atoms with Crippen LogP contribution in [0.5, 0.6) is 0 Å². The van der Waals surface area contributed by atoms with Crippen molar-refractivity contribution in [2.75, 3.05) is 19.7 Å². The molecule has 1 atom stereocenters. The summed E-state index contributed by atoms with van der Waals surface area (Å²) in [5.41, 5.74) is 0.0204. The Morgan fingerprint density at radius 3 is 2.52 bits per heavy atom. The molecule has 8 heteroatoms. The van der Waals surface area contributed by atoms with E-state index in [2.05, 4.69) is 0 Å². The van der Waals surface area contributed by atoms with Crippen LogP contribution in [0.15, 0.2) is 29.2 Å². The number of esters is 1. The van der Waals surface area contributed by atoms with E-state index in [1.54, 1.807) is 6.92 Å². The zero-order chi connectivity index (χ0) is 17.0. The highest BCUT2D eigenvalue weighted by Gasteiger charge is 2.34. The van der Waals surface area contributed by atoms with E-state index >= 15 is 0 Å². The molecular weight excluding hydrogens is 322 g/mol. The van der Waals surface area contributed by atoms with E-state index in [9.17, 15) is 18.0 Å². The van der Waals surface area contributed by atoms with Crippen LogP contribution < -0.4 is 0 Å². The molecule has 1 heterocycles. The molecule has 1 N–H and O–H groups in total. The second-order valence-corrected chi connectivity index (χ2v) is 7.22. The highest BCUT2D eigenvalue weighted by molar-refractivity contribution is 7.89. The highest BCUT2D eigenvalue weighted by Crippen LogP contribution is 2.24. The van der Waals surface area contributed by atoms with Gasteiger partial charge in [0.2, 0.25) is 10.0 Å². The minimum Gasteiger partial charge on any atom is -0.478 e. The number of nitrogens with zero attached hydrogens (tertiary/aromatic N) is 1. The Balaban J connectivity index is 2.18. The van der Waals surface area contributed by atoms with Gasteiger partial charge in [-0.05, 0) is 44.0 Å². The molecule has 1 aliphatic rings. The summed E-state index contributed by atoms with van der Waals surface area (Å²) in [4.78, 5) is 22.7. The predicted molar refractivity (Wildman–Crippen MR) is 81.5 cm³/mol. The second-order valence-electron chi connectivity index (χ2n) is 5.28. The third kappa shape index (κ3) is 3.89. The Labute approximate surface area is 134 Å². The number of carbonyl (C=O) groups is 2. The minimum absolute atomic E-state index is 0.0204. The Kier molecular flexibility index (Phi) is 5.38. The predicted octanol–water partition coefficient (Wildman–Crippen LogP) is 1.35. The van der Waals surface area contributed by atoms with Crippen molar-refractivity contribution in [2.45, 2.75) is 24.7 Å². The molecule has 23 heavy (non-hydrogen) atoms. The van der Waals surface area contributed by atoms with Crippen molar-refractivity contribution in [3.05, 3.63) is 29.8 Å². The smallest absolute Gasteiger partial charge is 0.335 e. The lowest BCUT2D eigenvalue weighted by atomic mass is 10.0. The van der Waals surface area contributed by atoms with Crippen LogP contribution in [-0.2, 0) is 19.6 Å². The summed E-state index contributed by atoms with van der Waals surface area (Å²) < 4.78 is 31.5. The molecule has 126 valence electrons. The molecule has 0 saturated carbocycles. The molecule has 1 aromatic rings. The van der Waals surface area contributed by atoms with Crippen molar-refractivity contribution in [3.8, 4) is 0 Å². The van der Waals surface area contributed by atoms with Gasteiger partial charge in [0, 0.05) is 13.1 Å². The molecule has 7 nitrogen and oxygen atoms in total. The first-order valence-corrected chi connectivity index (χ1v) is 8.80. The van der Waals surface area contributed by atoms with Crippen LogP contribution in [0.4, 0.5) is 0 Å². The molecule has 0 radical (unpaired) electrons. The van der Waals surface area contributed by atoms with Crippen LogP contribution in [0.25, 0.3) is 0 Å². The molecular formula is C15H19NO6S. The molecule has 0 aromatic heterocycles. The van der Waals surface area contributed by atoms with Crippen LogP contribution in [0.1, 0.15) is 30.1 Å². The van der Waals surface area contributed by atoms with Gasteiger partial charge in [-0.2, -0.15) is 4.31 Å². The number of hydrogen-bond donors (Lipinski definition) is 1. The van der Waals surface area contributed by atoms with Crippen LogP contribution in [0.2, 0.25) is 0 Å². The first-order valence-electron chi connectivity index (χ1n) is 7.36. The third-order valence-electron chi connectivity index (χ3n) is 3.74. The van der Waals surface area contributed by atoms with Crippen LogP contribution >= 0.6 is 0 Å². The number of aromatic carboxylic acids is 1. The minimum atomic E-state index is -3.75. The molecule has 1 fully saturated rings. The molecule has 0 spiro atoms. The van der Waals surface area contributed by atoms with Crippen molar-refractivity contribution in [3.63, 3.8) is 0 Å². The molecule has 2 rings (SSSR count). The van der Waals surface area contributed by atoms with E-state index in [-0.39, 0.29) is 29.6 Å². The van der Waals surface area contributed by atoms with E-state index in [1.165, 1.54) is 28.6 Å². The molecule has 1 aromatic carbocycles. The number of carbonyl (C=O) groups excluding carboxylic acids is 1. The van der Waals surface area contributed by atoms with Crippen molar-refractivity contribution < 1.29 is 27.9 Å². The number of rotatable bonds is 5. The standard InChI is InChI=1S/C15H19NO6S/c1-2-22-15(19)12-4-3-9-16(10-12)23(20,21)13-7-5-11(6-8-13)14(17)18/h5-8,12H,2-4,9-10H2,1H3,(H,17,18). The fourth-order valence-corrected chi connectivity index (χ4v) is 4.06. The quantitative estimate of drug-likeness (QED) is 0.811. The Morgan fingerprint density at radius 2 is 1.96 bits per heavy atom. The average Bonchev–Trinajstić information content (AvgIpc) is 2.55. The van der Waals surface area contributed by atoms with E-state index in [0.717, 1.165) is 0 Å². The summed E-state index contributed by atoms with van der Waals surface area (Å²) in [7, 11) is -3.75. The van der Waals surface area contributed by atoms with Gasteiger partial charge in [-0.1, -0.05) is 0 Å². The van der Waals surface area contributed by atoms with Crippen LogP contribution in [0.3, 0.4) is 0 Å². The largest absolute Gasteiger partial charge is 0.478 e. The zero-order valence-corrected chi connectivity index (χ0v) is 13.6. The summed E-state index contributed by atoms with van der Waals surface area (Å²) in [6.45, 7) is 2.39. The van der Waals surface area contributed by atoms with Crippen molar-refractivity contribution in [2.24, 2.45) is 5.92 Å². The number of hydrogen-bond acceptors (Lipinski definition) is 5. The Morgan fingerprint density at radius 1 is 1.30 bits per heavy atom. The average molecular weight is 341 g/mol. The van der Waals surface area contributed by atoms with Crippen molar-refractivity contribution >= 4 is 22.0 Å². The second kappa shape index (κ2) is 7.10. The van der Waals surface area contributed by atoms with Gasteiger partial charge in [0.25, 0.3) is 0 Å². The number of benzene rings is 1. The summed E-state index contributed by atoms with van der Waals surface area (Å²) in [5, 5.41) is 8.86. The first-order chi connectivity index (χ1) is 10.9. The van der Waals surface area contributed by atoms with Crippen LogP contribution in [0, 0.1) is 5.92 Å². The summed E-state index contributed by atoms with van der Waals surface area (Å²) >= 11 is 0. The van der Waals surface area contributed by atoms with Crippen LogP contribution in [-0.4, -0.2) is 49.5 Å². The normalized spacial score (nSPS) is 19.3. The van der Waals surface area contributed by atoms with Gasteiger partial charge in [0.05, 0.1) is 23.0 Å². The van der Waals surface area contributed by atoms with Gasteiger partial charge in [-0.15, -0.1) is 0 Å².